The summed E-state index contributed by atoms with van der Waals surface area (Å²) >= 11 is 0. The Morgan fingerprint density at radius 1 is 0.900 bits per heavy atom. The Labute approximate surface area is 174 Å². The lowest BCUT2D eigenvalue weighted by Gasteiger charge is -2.15. The average Bonchev–Trinajstić information content (AvgIpc) is 3.46. The van der Waals surface area contributed by atoms with Crippen LogP contribution in [0.15, 0.2) is 95.5 Å². The van der Waals surface area contributed by atoms with E-state index < -0.39 is 5.41 Å². The normalized spacial score (nSPS) is 14.1. The molecule has 1 aliphatic rings. The van der Waals surface area contributed by atoms with Crippen LogP contribution >= 0.6 is 0 Å². The molecular weight excluding hydrogens is 376 g/mol. The van der Waals surface area contributed by atoms with Crippen molar-refractivity contribution < 1.29 is 14.1 Å². The Kier molecular flexibility index (Phi) is 4.56. The van der Waals surface area contributed by atoms with Crippen LogP contribution in [-0.4, -0.2) is 11.1 Å². The lowest BCUT2D eigenvalue weighted by molar-refractivity contribution is -0.118. The number of hydrogen-bond acceptors (Lipinski definition) is 4. The number of hydrogen-bond donors (Lipinski definition) is 1. The van der Waals surface area contributed by atoms with Gasteiger partial charge in [0.1, 0.15) is 5.75 Å². The van der Waals surface area contributed by atoms with Crippen molar-refractivity contribution in [2.24, 2.45) is 0 Å². The Morgan fingerprint density at radius 2 is 1.57 bits per heavy atom. The van der Waals surface area contributed by atoms with E-state index in [1.165, 1.54) is 0 Å². The van der Waals surface area contributed by atoms with E-state index in [1.807, 2.05) is 91.0 Å². The van der Waals surface area contributed by atoms with Gasteiger partial charge in [0.15, 0.2) is 11.5 Å². The van der Waals surface area contributed by atoms with Gasteiger partial charge < -0.3 is 14.6 Å². The standard InChI is InChI=1S/C25H20N2O3/c28-24(26-20-13-7-8-14-21(20)29-19-11-5-2-6-12-19)25(15-16-25)23-17-22(30-27-23)18-9-3-1-4-10-18/h1-14,17H,15-16H2,(H,26,28). The molecule has 5 rings (SSSR count). The predicted molar refractivity (Wildman–Crippen MR) is 114 cm³/mol. The molecule has 1 N–H and O–H groups in total. The monoisotopic (exact) mass is 396 g/mol. The maximum Gasteiger partial charge on any atom is 0.236 e. The summed E-state index contributed by atoms with van der Waals surface area (Å²) in [5, 5.41) is 7.25. The van der Waals surface area contributed by atoms with Crippen LogP contribution in [0.1, 0.15) is 18.5 Å². The summed E-state index contributed by atoms with van der Waals surface area (Å²) in [7, 11) is 0. The molecule has 1 amide bonds. The fraction of sp³-hybridized carbons (Fsp3) is 0.120. The van der Waals surface area contributed by atoms with Gasteiger partial charge in [0.25, 0.3) is 0 Å². The van der Waals surface area contributed by atoms with Gasteiger partial charge in [-0.05, 0) is 37.1 Å². The van der Waals surface area contributed by atoms with Crippen molar-refractivity contribution in [3.63, 3.8) is 0 Å². The Balaban J connectivity index is 1.37. The molecule has 1 fully saturated rings. The first-order valence-electron chi connectivity index (χ1n) is 9.91. The van der Waals surface area contributed by atoms with Crippen molar-refractivity contribution >= 4 is 11.6 Å². The Morgan fingerprint density at radius 3 is 2.30 bits per heavy atom. The SMILES string of the molecule is O=C(Nc1ccccc1Oc1ccccc1)C1(c2cc(-c3ccccc3)on2)CC1. The molecule has 0 aliphatic heterocycles. The number of para-hydroxylation sites is 3. The zero-order valence-electron chi connectivity index (χ0n) is 16.2. The third-order valence-corrected chi connectivity index (χ3v) is 5.35. The average molecular weight is 396 g/mol. The van der Waals surface area contributed by atoms with E-state index in [4.69, 9.17) is 9.26 Å². The number of carbonyl (C=O) groups is 1. The van der Waals surface area contributed by atoms with Crippen LogP contribution in [0.3, 0.4) is 0 Å². The highest BCUT2D eigenvalue weighted by Crippen LogP contribution is 2.49. The molecule has 0 spiro atoms. The first-order valence-corrected chi connectivity index (χ1v) is 9.91. The molecule has 1 aliphatic carbocycles. The highest BCUT2D eigenvalue weighted by Gasteiger charge is 2.54. The van der Waals surface area contributed by atoms with E-state index in [-0.39, 0.29) is 5.91 Å². The molecule has 1 saturated carbocycles. The van der Waals surface area contributed by atoms with Crippen LogP contribution in [0.2, 0.25) is 0 Å². The first-order chi connectivity index (χ1) is 14.7. The van der Waals surface area contributed by atoms with E-state index in [0.717, 1.165) is 18.4 Å². The molecule has 5 nitrogen and oxygen atoms in total. The molecule has 0 saturated heterocycles. The second-order valence-electron chi connectivity index (χ2n) is 7.39. The molecule has 3 aromatic carbocycles. The zero-order chi connectivity index (χ0) is 20.4. The van der Waals surface area contributed by atoms with Crippen LogP contribution in [-0.2, 0) is 10.2 Å². The van der Waals surface area contributed by atoms with Crippen LogP contribution in [0.5, 0.6) is 11.5 Å². The molecule has 4 aromatic rings. The lowest BCUT2D eigenvalue weighted by atomic mass is 10.00. The second-order valence-corrected chi connectivity index (χ2v) is 7.39. The zero-order valence-corrected chi connectivity index (χ0v) is 16.2. The van der Waals surface area contributed by atoms with E-state index in [2.05, 4.69) is 10.5 Å². The molecule has 148 valence electrons. The van der Waals surface area contributed by atoms with Crippen molar-refractivity contribution in [2.45, 2.75) is 18.3 Å². The van der Waals surface area contributed by atoms with Gasteiger partial charge in [0.2, 0.25) is 5.91 Å². The van der Waals surface area contributed by atoms with Crippen molar-refractivity contribution in [3.8, 4) is 22.8 Å². The predicted octanol–water partition coefficient (Wildman–Crippen LogP) is 5.80. The van der Waals surface area contributed by atoms with Crippen LogP contribution < -0.4 is 10.1 Å². The molecule has 30 heavy (non-hydrogen) atoms. The third-order valence-electron chi connectivity index (χ3n) is 5.35. The van der Waals surface area contributed by atoms with Crippen molar-refractivity contribution in [1.29, 1.82) is 0 Å². The number of nitrogens with one attached hydrogen (secondary N) is 1. The minimum Gasteiger partial charge on any atom is -0.455 e. The summed E-state index contributed by atoms with van der Waals surface area (Å²) in [5.41, 5.74) is 1.58. The van der Waals surface area contributed by atoms with Gasteiger partial charge in [-0.25, -0.2) is 0 Å². The Hall–Kier alpha value is -3.86. The van der Waals surface area contributed by atoms with E-state index >= 15 is 0 Å². The number of ether oxygens (including phenoxy) is 1. The van der Waals surface area contributed by atoms with Crippen LogP contribution in [0, 0.1) is 0 Å². The van der Waals surface area contributed by atoms with Crippen LogP contribution in [0.4, 0.5) is 5.69 Å². The second kappa shape index (κ2) is 7.52. The summed E-state index contributed by atoms with van der Waals surface area (Å²) in [4.78, 5) is 13.2. The maximum absolute atomic E-state index is 13.2. The van der Waals surface area contributed by atoms with Crippen LogP contribution in [0.25, 0.3) is 11.3 Å². The summed E-state index contributed by atoms with van der Waals surface area (Å²) < 4.78 is 11.5. The summed E-state index contributed by atoms with van der Waals surface area (Å²) in [6.07, 6.45) is 1.47. The maximum atomic E-state index is 13.2. The van der Waals surface area contributed by atoms with E-state index in [9.17, 15) is 4.79 Å². The molecule has 0 bridgehead atoms. The van der Waals surface area contributed by atoms with E-state index in [1.54, 1.807) is 0 Å². The number of anilines is 1. The fourth-order valence-corrected chi connectivity index (χ4v) is 3.48. The van der Waals surface area contributed by atoms with Gasteiger partial charge in [-0.3, -0.25) is 4.79 Å². The Bertz CT molecular complexity index is 1170. The highest BCUT2D eigenvalue weighted by atomic mass is 16.5. The topological polar surface area (TPSA) is 64.4 Å². The lowest BCUT2D eigenvalue weighted by Crippen LogP contribution is -2.28. The third kappa shape index (κ3) is 3.46. The number of nitrogens with zero attached hydrogens (tertiary/aromatic N) is 1. The molecule has 0 radical (unpaired) electrons. The minimum atomic E-state index is -0.656. The van der Waals surface area contributed by atoms with Crippen molar-refractivity contribution in [2.75, 3.05) is 5.32 Å². The quantitative estimate of drug-likeness (QED) is 0.447. The fourth-order valence-electron chi connectivity index (χ4n) is 3.48. The largest absolute Gasteiger partial charge is 0.455 e. The molecule has 1 aromatic heterocycles. The smallest absolute Gasteiger partial charge is 0.236 e. The number of benzene rings is 3. The van der Waals surface area contributed by atoms with Gasteiger partial charge in [-0.2, -0.15) is 0 Å². The number of rotatable bonds is 6. The van der Waals surface area contributed by atoms with Gasteiger partial charge >= 0.3 is 0 Å². The summed E-state index contributed by atoms with van der Waals surface area (Å²) in [6.45, 7) is 0. The number of aromatic nitrogens is 1. The molecule has 1 heterocycles. The number of amides is 1. The van der Waals surface area contributed by atoms with Crippen molar-refractivity contribution in [1.82, 2.24) is 5.16 Å². The summed E-state index contributed by atoms with van der Waals surface area (Å²) in [6, 6.07) is 28.6. The van der Waals surface area contributed by atoms with E-state index in [0.29, 0.717) is 28.6 Å². The van der Waals surface area contributed by atoms with Gasteiger partial charge in [0, 0.05) is 11.6 Å². The minimum absolute atomic E-state index is 0.0977. The van der Waals surface area contributed by atoms with Gasteiger partial charge in [-0.1, -0.05) is 65.8 Å². The molecule has 5 heteroatoms. The van der Waals surface area contributed by atoms with Gasteiger partial charge in [-0.15, -0.1) is 0 Å². The van der Waals surface area contributed by atoms with Crippen molar-refractivity contribution in [3.05, 3.63) is 96.7 Å². The van der Waals surface area contributed by atoms with Gasteiger partial charge in [0.05, 0.1) is 16.8 Å². The summed E-state index contributed by atoms with van der Waals surface area (Å²) in [5.74, 6) is 1.87. The first kappa shape index (κ1) is 18.2. The molecule has 0 atom stereocenters. The molecule has 0 unspecified atom stereocenters. The highest BCUT2D eigenvalue weighted by molar-refractivity contribution is 6.02. The number of carbonyl (C=O) groups excluding carboxylic acids is 1. The molecular formula is C25H20N2O3.